The zero-order chi connectivity index (χ0) is 12.2. The van der Waals surface area contributed by atoms with Gasteiger partial charge in [-0.3, -0.25) is 0 Å². The first-order valence-electron chi connectivity index (χ1n) is 6.34. The molecule has 0 aliphatic heterocycles. The van der Waals surface area contributed by atoms with E-state index < -0.39 is 8.32 Å². The van der Waals surface area contributed by atoms with Crippen LogP contribution in [0.25, 0.3) is 0 Å². The maximum Gasteiger partial charge on any atom is 0.192 e. The van der Waals surface area contributed by atoms with Gasteiger partial charge in [-0.05, 0) is 43.3 Å². The average molecular weight is 240 g/mol. The first-order valence-corrected chi connectivity index (χ1v) is 9.25. The lowest BCUT2D eigenvalue weighted by atomic mass is 10.1. The van der Waals surface area contributed by atoms with E-state index in [0.717, 1.165) is 19.3 Å². The van der Waals surface area contributed by atoms with Crippen LogP contribution in [0.5, 0.6) is 0 Å². The van der Waals surface area contributed by atoms with Gasteiger partial charge in [-0.15, -0.1) is 0 Å². The molecule has 0 amide bonds. The third kappa shape index (κ3) is 1.88. The molecule has 16 heavy (non-hydrogen) atoms. The SMILES string of the molecule is CC(C)(C)[Si](C)(C)O[C@H]1C[C@@H]2C[C@]2(C=O)C1. The summed E-state index contributed by atoms with van der Waals surface area (Å²) in [5.41, 5.74) is 0.0348. The lowest BCUT2D eigenvalue weighted by Gasteiger charge is -2.39. The van der Waals surface area contributed by atoms with Gasteiger partial charge in [0, 0.05) is 11.5 Å². The number of carbonyl (C=O) groups is 1. The lowest BCUT2D eigenvalue weighted by molar-refractivity contribution is -0.112. The van der Waals surface area contributed by atoms with Crippen LogP contribution in [0, 0.1) is 11.3 Å². The summed E-state index contributed by atoms with van der Waals surface area (Å²) in [6, 6.07) is 0. The normalized spacial score (nSPS) is 38.3. The van der Waals surface area contributed by atoms with Gasteiger partial charge in [0.1, 0.15) is 6.29 Å². The van der Waals surface area contributed by atoms with E-state index in [1.54, 1.807) is 0 Å². The standard InChI is InChI=1S/C13H24O2Si/c1-12(2,3)16(4,5)15-11-6-10-7-13(10,8-11)9-14/h9-11H,6-8H2,1-5H3/t10-,11+,13-/m1/s1. The lowest BCUT2D eigenvalue weighted by Crippen LogP contribution is -2.43. The molecular weight excluding hydrogens is 216 g/mol. The van der Waals surface area contributed by atoms with E-state index in [1.165, 1.54) is 6.29 Å². The van der Waals surface area contributed by atoms with Crippen molar-refractivity contribution in [3.05, 3.63) is 0 Å². The van der Waals surface area contributed by atoms with Crippen molar-refractivity contribution in [2.45, 2.75) is 64.3 Å². The summed E-state index contributed by atoms with van der Waals surface area (Å²) in [5, 5.41) is 0.272. The summed E-state index contributed by atoms with van der Waals surface area (Å²) >= 11 is 0. The first kappa shape index (κ1) is 12.3. The maximum absolute atomic E-state index is 11.0. The molecule has 92 valence electrons. The molecule has 3 heteroatoms. The van der Waals surface area contributed by atoms with E-state index in [1.807, 2.05) is 0 Å². The summed E-state index contributed by atoms with van der Waals surface area (Å²) in [6.45, 7) is 11.4. The minimum absolute atomic E-state index is 0.0348. The fourth-order valence-electron chi connectivity index (χ4n) is 2.67. The predicted molar refractivity (Wildman–Crippen MR) is 67.9 cm³/mol. The Kier molecular flexibility index (Phi) is 2.63. The van der Waals surface area contributed by atoms with Crippen molar-refractivity contribution in [3.8, 4) is 0 Å². The molecule has 0 N–H and O–H groups in total. The molecule has 2 saturated carbocycles. The molecule has 0 heterocycles. The van der Waals surface area contributed by atoms with Crippen LogP contribution in [0.15, 0.2) is 0 Å². The molecule has 0 unspecified atom stereocenters. The quantitative estimate of drug-likeness (QED) is 0.558. The van der Waals surface area contributed by atoms with Gasteiger partial charge in [0.15, 0.2) is 8.32 Å². The van der Waals surface area contributed by atoms with Gasteiger partial charge in [0.2, 0.25) is 0 Å². The number of hydrogen-bond donors (Lipinski definition) is 0. The Morgan fingerprint density at radius 2 is 1.94 bits per heavy atom. The van der Waals surface area contributed by atoms with Crippen molar-refractivity contribution in [1.82, 2.24) is 0 Å². The number of rotatable bonds is 3. The molecule has 0 bridgehead atoms. The Hall–Kier alpha value is -0.153. The molecule has 2 rings (SSSR count). The molecule has 0 radical (unpaired) electrons. The van der Waals surface area contributed by atoms with Crippen LogP contribution in [0.3, 0.4) is 0 Å². The van der Waals surface area contributed by atoms with Crippen LogP contribution in [0.1, 0.15) is 40.0 Å². The molecule has 3 atom stereocenters. The number of carbonyl (C=O) groups excluding carboxylic acids is 1. The average Bonchev–Trinajstić information content (AvgIpc) is 2.67. The molecule has 2 fully saturated rings. The third-order valence-corrected chi connectivity index (χ3v) is 9.47. The summed E-state index contributed by atoms with van der Waals surface area (Å²) in [5.74, 6) is 0.639. The summed E-state index contributed by atoms with van der Waals surface area (Å²) in [6.07, 6.45) is 4.75. The van der Waals surface area contributed by atoms with Crippen molar-refractivity contribution < 1.29 is 9.22 Å². The highest BCUT2D eigenvalue weighted by atomic mass is 28.4. The van der Waals surface area contributed by atoms with Gasteiger partial charge in [0.05, 0.1) is 0 Å². The second-order valence-corrected chi connectivity index (χ2v) is 11.9. The van der Waals surface area contributed by atoms with Crippen LogP contribution in [0.2, 0.25) is 18.1 Å². The largest absolute Gasteiger partial charge is 0.414 e. The van der Waals surface area contributed by atoms with Crippen LogP contribution in [-0.2, 0) is 9.22 Å². The van der Waals surface area contributed by atoms with E-state index in [4.69, 9.17) is 4.43 Å². The molecular formula is C13H24O2Si. The molecule has 0 aromatic carbocycles. The van der Waals surface area contributed by atoms with Crippen LogP contribution in [-0.4, -0.2) is 20.7 Å². The second-order valence-electron chi connectivity index (χ2n) is 7.19. The van der Waals surface area contributed by atoms with Gasteiger partial charge in [0.25, 0.3) is 0 Å². The topological polar surface area (TPSA) is 26.3 Å². The van der Waals surface area contributed by atoms with E-state index in [0.29, 0.717) is 12.0 Å². The van der Waals surface area contributed by atoms with Crippen LogP contribution < -0.4 is 0 Å². The van der Waals surface area contributed by atoms with E-state index in [9.17, 15) is 4.79 Å². The Bertz CT molecular complexity index is 306. The van der Waals surface area contributed by atoms with E-state index >= 15 is 0 Å². The van der Waals surface area contributed by atoms with Crippen molar-refractivity contribution in [2.75, 3.05) is 0 Å². The highest BCUT2D eigenvalue weighted by Gasteiger charge is 2.61. The maximum atomic E-state index is 11.0. The van der Waals surface area contributed by atoms with Gasteiger partial charge in [-0.1, -0.05) is 20.8 Å². The van der Waals surface area contributed by atoms with Crippen molar-refractivity contribution in [3.63, 3.8) is 0 Å². The molecule has 0 saturated heterocycles. The van der Waals surface area contributed by atoms with Gasteiger partial charge in [-0.2, -0.15) is 0 Å². The fourth-order valence-corrected chi connectivity index (χ4v) is 4.03. The van der Waals surface area contributed by atoms with Gasteiger partial charge in [-0.25, -0.2) is 0 Å². The predicted octanol–water partition coefficient (Wildman–Crippen LogP) is 3.38. The monoisotopic (exact) mass is 240 g/mol. The number of aldehydes is 1. The zero-order valence-corrected chi connectivity index (χ0v) is 12.2. The second kappa shape index (κ2) is 3.42. The Balaban J connectivity index is 1.96. The zero-order valence-electron chi connectivity index (χ0n) is 11.2. The Morgan fingerprint density at radius 1 is 1.31 bits per heavy atom. The van der Waals surface area contributed by atoms with Crippen LogP contribution >= 0.6 is 0 Å². The molecule has 2 nitrogen and oxygen atoms in total. The Labute approximate surface area is 99.9 Å². The fraction of sp³-hybridized carbons (Fsp3) is 0.923. The summed E-state index contributed by atoms with van der Waals surface area (Å²) < 4.78 is 6.37. The van der Waals surface area contributed by atoms with Gasteiger partial charge >= 0.3 is 0 Å². The third-order valence-electron chi connectivity index (χ3n) is 4.94. The highest BCUT2D eigenvalue weighted by Crippen LogP contribution is 2.63. The molecule has 0 aromatic rings. The minimum atomic E-state index is -1.64. The molecule has 0 aromatic heterocycles. The van der Waals surface area contributed by atoms with E-state index in [-0.39, 0.29) is 10.5 Å². The number of hydrogen-bond acceptors (Lipinski definition) is 2. The summed E-state index contributed by atoms with van der Waals surface area (Å²) in [4.78, 5) is 11.0. The van der Waals surface area contributed by atoms with Gasteiger partial charge < -0.3 is 9.22 Å². The highest BCUT2D eigenvalue weighted by molar-refractivity contribution is 6.74. The van der Waals surface area contributed by atoms with Crippen molar-refractivity contribution in [2.24, 2.45) is 11.3 Å². The van der Waals surface area contributed by atoms with Crippen molar-refractivity contribution >= 4 is 14.6 Å². The molecule has 0 spiro atoms. The van der Waals surface area contributed by atoms with Crippen LogP contribution in [0.4, 0.5) is 0 Å². The van der Waals surface area contributed by atoms with E-state index in [2.05, 4.69) is 33.9 Å². The first-order chi connectivity index (χ1) is 7.20. The smallest absolute Gasteiger partial charge is 0.192 e. The molecule has 2 aliphatic carbocycles. The van der Waals surface area contributed by atoms with Crippen molar-refractivity contribution in [1.29, 1.82) is 0 Å². The molecule has 2 aliphatic rings. The minimum Gasteiger partial charge on any atom is -0.414 e. The Morgan fingerprint density at radius 3 is 2.38 bits per heavy atom. The number of fused-ring (bicyclic) bond motifs is 1. The summed E-state index contributed by atoms with van der Waals surface area (Å²) in [7, 11) is -1.64.